The minimum Gasteiger partial charge on any atom is -0.336 e. The molecule has 0 atom stereocenters. The number of nitrogens with zero attached hydrogens (tertiary/aromatic N) is 1. The van der Waals surface area contributed by atoms with E-state index in [-0.39, 0.29) is 17.4 Å². The van der Waals surface area contributed by atoms with Gasteiger partial charge in [0.05, 0.1) is 0 Å². The van der Waals surface area contributed by atoms with Gasteiger partial charge in [0.25, 0.3) is 0 Å². The van der Waals surface area contributed by atoms with E-state index in [0.29, 0.717) is 13.1 Å². The molecule has 1 saturated heterocycles. The molecule has 148 valence electrons. The van der Waals surface area contributed by atoms with Crippen LogP contribution in [0.25, 0.3) is 0 Å². The van der Waals surface area contributed by atoms with Crippen molar-refractivity contribution in [2.75, 3.05) is 23.3 Å². The number of benzene rings is 1. The maximum atomic E-state index is 12.6. The Morgan fingerprint density at radius 3 is 2.25 bits per heavy atom. The highest BCUT2D eigenvalue weighted by Crippen LogP contribution is 2.62. The highest BCUT2D eigenvalue weighted by molar-refractivity contribution is 6.00. The van der Waals surface area contributed by atoms with Crippen molar-refractivity contribution in [1.82, 2.24) is 5.32 Å². The first kappa shape index (κ1) is 17.8. The van der Waals surface area contributed by atoms with E-state index in [9.17, 15) is 9.59 Å². The summed E-state index contributed by atoms with van der Waals surface area (Å²) in [5.74, 6) is 2.61. The van der Waals surface area contributed by atoms with E-state index in [1.807, 2.05) is 30.3 Å². The molecular formula is C23H29N3O2. The van der Waals surface area contributed by atoms with Crippen molar-refractivity contribution < 1.29 is 9.59 Å². The van der Waals surface area contributed by atoms with Gasteiger partial charge in [0.2, 0.25) is 5.91 Å². The normalized spacial score (nSPS) is 33.9. The van der Waals surface area contributed by atoms with E-state index >= 15 is 0 Å². The minimum absolute atomic E-state index is 0.0417. The monoisotopic (exact) mass is 379 g/mol. The van der Waals surface area contributed by atoms with Gasteiger partial charge in [-0.25, -0.2) is 4.79 Å². The highest BCUT2D eigenvalue weighted by Gasteiger charge is 2.51. The Kier molecular flexibility index (Phi) is 4.22. The van der Waals surface area contributed by atoms with Gasteiger partial charge in [-0.2, -0.15) is 0 Å². The molecule has 5 heteroatoms. The SMILES string of the molecule is C/C(=C\C(=O)Nc1ccc(N2CCNC2=O)cc1)C12CC3CC(CC(C3)C1)C2. The van der Waals surface area contributed by atoms with Gasteiger partial charge in [-0.05, 0) is 92.9 Å². The first-order chi connectivity index (χ1) is 13.5. The fourth-order valence-electron chi connectivity index (χ4n) is 6.56. The standard InChI is InChI=1S/C23H29N3O2/c1-15(23-12-16-9-17(13-23)11-18(10-16)14-23)8-21(27)25-19-2-4-20(5-3-19)26-7-6-24-22(26)28/h2-5,8,16-18H,6-7,9-14H2,1H3,(H,24,28)(H,25,27)/b15-8+. The molecule has 5 aliphatic rings. The van der Waals surface area contributed by atoms with Gasteiger partial charge in [0.1, 0.15) is 0 Å². The molecule has 0 radical (unpaired) electrons. The third kappa shape index (κ3) is 3.11. The molecule has 4 bridgehead atoms. The topological polar surface area (TPSA) is 61.4 Å². The fourth-order valence-corrected chi connectivity index (χ4v) is 6.56. The number of anilines is 2. The predicted molar refractivity (Wildman–Crippen MR) is 110 cm³/mol. The Labute approximate surface area is 166 Å². The van der Waals surface area contributed by atoms with E-state index in [0.717, 1.165) is 29.1 Å². The number of carbonyl (C=O) groups excluding carboxylic acids is 2. The smallest absolute Gasteiger partial charge is 0.321 e. The quantitative estimate of drug-likeness (QED) is 0.766. The molecular weight excluding hydrogens is 350 g/mol. The van der Waals surface area contributed by atoms with Crippen molar-refractivity contribution in [2.45, 2.75) is 45.4 Å². The van der Waals surface area contributed by atoms with Crippen LogP contribution < -0.4 is 15.5 Å². The molecule has 1 aromatic carbocycles. The average molecular weight is 380 g/mol. The van der Waals surface area contributed by atoms with Crippen molar-refractivity contribution >= 4 is 23.3 Å². The lowest BCUT2D eigenvalue weighted by Crippen LogP contribution is -2.46. The molecule has 0 spiro atoms. The second-order valence-corrected chi connectivity index (χ2v) is 9.44. The molecule has 1 heterocycles. The maximum Gasteiger partial charge on any atom is 0.321 e. The Bertz CT molecular complexity index is 791. The van der Waals surface area contributed by atoms with Gasteiger partial charge in [-0.1, -0.05) is 5.57 Å². The summed E-state index contributed by atoms with van der Waals surface area (Å²) < 4.78 is 0. The summed E-state index contributed by atoms with van der Waals surface area (Å²) in [7, 11) is 0. The number of amides is 3. The third-order valence-electron chi connectivity index (χ3n) is 7.53. The summed E-state index contributed by atoms with van der Waals surface area (Å²) in [6.07, 6.45) is 9.93. The molecule has 0 aromatic heterocycles. The highest BCUT2D eigenvalue weighted by atomic mass is 16.2. The zero-order valence-corrected chi connectivity index (χ0v) is 16.5. The number of carbonyl (C=O) groups is 2. The molecule has 5 nitrogen and oxygen atoms in total. The van der Waals surface area contributed by atoms with Crippen LogP contribution in [0.4, 0.5) is 16.2 Å². The number of nitrogens with one attached hydrogen (secondary N) is 2. The summed E-state index contributed by atoms with van der Waals surface area (Å²) in [6, 6.07) is 7.44. The van der Waals surface area contributed by atoms with Crippen LogP contribution in [0, 0.1) is 23.2 Å². The number of hydrogen-bond acceptors (Lipinski definition) is 2. The molecule has 2 N–H and O–H groups in total. The Morgan fingerprint density at radius 1 is 1.11 bits per heavy atom. The van der Waals surface area contributed by atoms with Crippen molar-refractivity contribution in [3.63, 3.8) is 0 Å². The van der Waals surface area contributed by atoms with Gasteiger partial charge in [-0.3, -0.25) is 9.69 Å². The molecule has 5 fully saturated rings. The molecule has 1 aliphatic heterocycles. The summed E-state index contributed by atoms with van der Waals surface area (Å²) >= 11 is 0. The molecule has 0 unspecified atom stereocenters. The van der Waals surface area contributed by atoms with Crippen molar-refractivity contribution in [3.05, 3.63) is 35.9 Å². The third-order valence-corrected chi connectivity index (χ3v) is 7.53. The van der Waals surface area contributed by atoms with Crippen LogP contribution in [0.2, 0.25) is 0 Å². The summed E-state index contributed by atoms with van der Waals surface area (Å²) in [5.41, 5.74) is 3.17. The van der Waals surface area contributed by atoms with E-state index < -0.39 is 0 Å². The van der Waals surface area contributed by atoms with Crippen LogP contribution >= 0.6 is 0 Å². The van der Waals surface area contributed by atoms with Crippen molar-refractivity contribution in [3.8, 4) is 0 Å². The average Bonchev–Trinajstić information content (AvgIpc) is 3.07. The summed E-state index contributed by atoms with van der Waals surface area (Å²) in [4.78, 5) is 26.1. The summed E-state index contributed by atoms with van der Waals surface area (Å²) in [6.45, 7) is 3.52. The lowest BCUT2D eigenvalue weighted by molar-refractivity contribution is -0.112. The summed E-state index contributed by atoms with van der Waals surface area (Å²) in [5, 5.41) is 5.80. The van der Waals surface area contributed by atoms with E-state index in [1.54, 1.807) is 4.90 Å². The van der Waals surface area contributed by atoms with E-state index in [1.165, 1.54) is 44.1 Å². The molecule has 28 heavy (non-hydrogen) atoms. The second kappa shape index (κ2) is 6.64. The van der Waals surface area contributed by atoms with Crippen LogP contribution in [0.3, 0.4) is 0 Å². The van der Waals surface area contributed by atoms with Gasteiger partial charge in [0, 0.05) is 30.5 Å². The minimum atomic E-state index is -0.0640. The number of allylic oxidation sites excluding steroid dienone is 1. The maximum absolute atomic E-state index is 12.6. The molecule has 4 saturated carbocycles. The van der Waals surface area contributed by atoms with Crippen LogP contribution in [-0.4, -0.2) is 25.0 Å². The predicted octanol–water partition coefficient (Wildman–Crippen LogP) is 4.32. The molecule has 6 rings (SSSR count). The van der Waals surface area contributed by atoms with Gasteiger partial charge in [0.15, 0.2) is 0 Å². The van der Waals surface area contributed by atoms with E-state index in [4.69, 9.17) is 0 Å². The van der Waals surface area contributed by atoms with Crippen LogP contribution in [-0.2, 0) is 4.79 Å². The van der Waals surface area contributed by atoms with Crippen LogP contribution in [0.1, 0.15) is 45.4 Å². The largest absolute Gasteiger partial charge is 0.336 e. The second-order valence-electron chi connectivity index (χ2n) is 9.44. The van der Waals surface area contributed by atoms with Crippen molar-refractivity contribution in [2.24, 2.45) is 23.2 Å². The zero-order valence-electron chi connectivity index (χ0n) is 16.5. The number of rotatable bonds is 4. The molecule has 3 amide bonds. The molecule has 4 aliphatic carbocycles. The Morgan fingerprint density at radius 2 is 1.71 bits per heavy atom. The van der Waals surface area contributed by atoms with Gasteiger partial charge < -0.3 is 10.6 Å². The first-order valence-electron chi connectivity index (χ1n) is 10.7. The van der Waals surface area contributed by atoms with Gasteiger partial charge >= 0.3 is 6.03 Å². The first-order valence-corrected chi connectivity index (χ1v) is 10.7. The zero-order chi connectivity index (χ0) is 19.3. The Hall–Kier alpha value is -2.30. The Balaban J connectivity index is 1.26. The lowest BCUT2D eigenvalue weighted by atomic mass is 9.48. The lowest BCUT2D eigenvalue weighted by Gasteiger charge is -2.57. The van der Waals surface area contributed by atoms with Crippen LogP contribution in [0.5, 0.6) is 0 Å². The van der Waals surface area contributed by atoms with E-state index in [2.05, 4.69) is 17.6 Å². The molecule has 1 aromatic rings. The van der Waals surface area contributed by atoms with Crippen LogP contribution in [0.15, 0.2) is 35.9 Å². The number of hydrogen-bond donors (Lipinski definition) is 2. The van der Waals surface area contributed by atoms with Crippen molar-refractivity contribution in [1.29, 1.82) is 0 Å². The van der Waals surface area contributed by atoms with Gasteiger partial charge in [-0.15, -0.1) is 0 Å². The fraction of sp³-hybridized carbons (Fsp3) is 0.565. The number of urea groups is 1.